The molecule has 0 bridgehead atoms. The molecule has 2 heterocycles. The van der Waals surface area contributed by atoms with Gasteiger partial charge in [0.2, 0.25) is 0 Å². The van der Waals surface area contributed by atoms with Crippen LogP contribution in [-0.2, 0) is 26.4 Å². The van der Waals surface area contributed by atoms with Crippen molar-refractivity contribution in [1.82, 2.24) is 14.3 Å². The quantitative estimate of drug-likeness (QED) is 0.858. The van der Waals surface area contributed by atoms with Gasteiger partial charge < -0.3 is 10.3 Å². The summed E-state index contributed by atoms with van der Waals surface area (Å²) in [6, 6.07) is 0.233. The maximum Gasteiger partial charge on any atom is 0.0522 e. The number of aromatic nitrogens is 3. The van der Waals surface area contributed by atoms with E-state index in [2.05, 4.69) is 28.3 Å². The van der Waals surface area contributed by atoms with E-state index in [0.29, 0.717) is 0 Å². The molecule has 102 valence electrons. The second-order valence-corrected chi connectivity index (χ2v) is 5.60. The van der Waals surface area contributed by atoms with Gasteiger partial charge in [-0.3, -0.25) is 4.68 Å². The van der Waals surface area contributed by atoms with E-state index in [1.54, 1.807) is 0 Å². The first kappa shape index (κ1) is 12.5. The second kappa shape index (κ2) is 5.21. The summed E-state index contributed by atoms with van der Waals surface area (Å²) >= 11 is 0. The van der Waals surface area contributed by atoms with Gasteiger partial charge in [-0.15, -0.1) is 0 Å². The number of hydrogen-bond acceptors (Lipinski definition) is 2. The minimum atomic E-state index is 0.233. The zero-order valence-electron chi connectivity index (χ0n) is 11.5. The van der Waals surface area contributed by atoms with E-state index < -0.39 is 0 Å². The Morgan fingerprint density at radius 1 is 1.32 bits per heavy atom. The predicted octanol–water partition coefficient (Wildman–Crippen LogP) is 2.19. The van der Waals surface area contributed by atoms with Crippen LogP contribution in [0, 0.1) is 0 Å². The normalized spacial score (nSPS) is 19.2. The highest BCUT2D eigenvalue weighted by Crippen LogP contribution is 2.27. The van der Waals surface area contributed by atoms with Crippen LogP contribution in [0.1, 0.15) is 42.0 Å². The Hall–Kier alpha value is -1.55. The monoisotopic (exact) mass is 258 g/mol. The van der Waals surface area contributed by atoms with Crippen molar-refractivity contribution in [3.63, 3.8) is 0 Å². The van der Waals surface area contributed by atoms with E-state index in [4.69, 9.17) is 5.73 Å². The summed E-state index contributed by atoms with van der Waals surface area (Å²) in [5, 5.41) is 4.21. The second-order valence-electron chi connectivity index (χ2n) is 5.60. The molecule has 0 amide bonds. The number of fused-ring (bicyclic) bond motifs is 1. The van der Waals surface area contributed by atoms with Crippen LogP contribution in [0.15, 0.2) is 24.8 Å². The van der Waals surface area contributed by atoms with E-state index in [9.17, 15) is 0 Å². The average Bonchev–Trinajstić information content (AvgIpc) is 2.95. The lowest BCUT2D eigenvalue weighted by Gasteiger charge is -2.07. The zero-order valence-corrected chi connectivity index (χ0v) is 11.5. The first-order valence-electron chi connectivity index (χ1n) is 7.14. The lowest BCUT2D eigenvalue weighted by atomic mass is 10.1. The van der Waals surface area contributed by atoms with Gasteiger partial charge in [-0.1, -0.05) is 6.42 Å². The summed E-state index contributed by atoms with van der Waals surface area (Å²) in [5.74, 6) is 0. The van der Waals surface area contributed by atoms with Crippen molar-refractivity contribution in [2.75, 3.05) is 0 Å². The number of rotatable bonds is 3. The highest BCUT2D eigenvalue weighted by Gasteiger charge is 2.17. The van der Waals surface area contributed by atoms with E-state index in [1.807, 2.05) is 17.9 Å². The third-order valence-electron chi connectivity index (χ3n) is 4.03. The average molecular weight is 258 g/mol. The third kappa shape index (κ3) is 2.73. The predicted molar refractivity (Wildman–Crippen MR) is 75.8 cm³/mol. The molecule has 1 aliphatic rings. The number of nitrogens with zero attached hydrogens (tertiary/aromatic N) is 3. The Balaban J connectivity index is 1.70. The Morgan fingerprint density at radius 3 is 3.00 bits per heavy atom. The summed E-state index contributed by atoms with van der Waals surface area (Å²) in [4.78, 5) is 0. The van der Waals surface area contributed by atoms with Crippen molar-refractivity contribution in [2.45, 2.75) is 44.7 Å². The molecule has 0 saturated heterocycles. The molecule has 1 atom stereocenters. The fourth-order valence-corrected chi connectivity index (χ4v) is 2.94. The van der Waals surface area contributed by atoms with Crippen molar-refractivity contribution in [2.24, 2.45) is 12.8 Å². The molecule has 0 saturated carbocycles. The van der Waals surface area contributed by atoms with Crippen LogP contribution in [-0.4, -0.2) is 14.3 Å². The van der Waals surface area contributed by atoms with Gasteiger partial charge in [0.15, 0.2) is 0 Å². The summed E-state index contributed by atoms with van der Waals surface area (Å²) < 4.78 is 4.15. The van der Waals surface area contributed by atoms with Gasteiger partial charge in [-0.05, 0) is 42.4 Å². The largest absolute Gasteiger partial charge is 0.353 e. The fourth-order valence-electron chi connectivity index (χ4n) is 2.94. The lowest BCUT2D eigenvalue weighted by molar-refractivity contribution is 0.606. The van der Waals surface area contributed by atoms with Gasteiger partial charge in [0.25, 0.3) is 0 Å². The molecule has 0 aromatic carbocycles. The highest BCUT2D eigenvalue weighted by atomic mass is 15.2. The molecule has 0 aliphatic heterocycles. The molecule has 19 heavy (non-hydrogen) atoms. The van der Waals surface area contributed by atoms with Gasteiger partial charge in [0.1, 0.15) is 0 Å². The minimum Gasteiger partial charge on any atom is -0.353 e. The Morgan fingerprint density at radius 2 is 2.21 bits per heavy atom. The van der Waals surface area contributed by atoms with Gasteiger partial charge in [-0.2, -0.15) is 5.10 Å². The van der Waals surface area contributed by atoms with Gasteiger partial charge >= 0.3 is 0 Å². The van der Waals surface area contributed by atoms with Gasteiger partial charge in [0.05, 0.1) is 6.20 Å². The van der Waals surface area contributed by atoms with Crippen LogP contribution < -0.4 is 5.73 Å². The van der Waals surface area contributed by atoms with Crippen molar-refractivity contribution >= 4 is 0 Å². The van der Waals surface area contributed by atoms with E-state index in [1.165, 1.54) is 36.0 Å². The maximum absolute atomic E-state index is 6.24. The van der Waals surface area contributed by atoms with Crippen LogP contribution in [0.3, 0.4) is 0 Å². The van der Waals surface area contributed by atoms with Crippen LogP contribution in [0.25, 0.3) is 0 Å². The first-order chi connectivity index (χ1) is 9.22. The van der Waals surface area contributed by atoms with E-state index in [0.717, 1.165) is 19.4 Å². The molecule has 2 aromatic rings. The minimum absolute atomic E-state index is 0.233. The van der Waals surface area contributed by atoms with E-state index >= 15 is 0 Å². The Kier molecular flexibility index (Phi) is 3.42. The van der Waals surface area contributed by atoms with Crippen LogP contribution >= 0.6 is 0 Å². The van der Waals surface area contributed by atoms with Crippen molar-refractivity contribution in [1.29, 1.82) is 0 Å². The lowest BCUT2D eigenvalue weighted by Crippen LogP contribution is -2.09. The summed E-state index contributed by atoms with van der Waals surface area (Å²) in [7, 11) is 1.96. The molecule has 1 aliphatic carbocycles. The standard InChI is InChI=1S/C15H22N4/c1-18-9-12(8-17-18)6-7-19-10-13-4-2-3-5-15(16)14(13)11-19/h8-11,15H,2-7,16H2,1H3. The molecular weight excluding hydrogens is 236 g/mol. The number of aryl methyl sites for hydroxylation is 4. The Bertz CT molecular complexity index is 552. The van der Waals surface area contributed by atoms with Crippen LogP contribution in [0.4, 0.5) is 0 Å². The first-order valence-corrected chi connectivity index (χ1v) is 7.14. The summed E-state index contributed by atoms with van der Waals surface area (Å²) in [6.45, 7) is 1.01. The molecular formula is C15H22N4. The molecule has 2 aromatic heterocycles. The van der Waals surface area contributed by atoms with Crippen molar-refractivity contribution in [3.05, 3.63) is 41.5 Å². The fraction of sp³-hybridized carbons (Fsp3) is 0.533. The maximum atomic E-state index is 6.24. The Labute approximate surface area is 114 Å². The topological polar surface area (TPSA) is 48.8 Å². The number of nitrogens with two attached hydrogens (primary N) is 1. The smallest absolute Gasteiger partial charge is 0.0522 e. The SMILES string of the molecule is Cn1cc(CCn2cc3c(c2)C(N)CCCC3)cn1. The molecule has 4 heteroatoms. The van der Waals surface area contributed by atoms with E-state index in [-0.39, 0.29) is 6.04 Å². The molecule has 2 N–H and O–H groups in total. The molecule has 1 unspecified atom stereocenters. The molecule has 0 spiro atoms. The van der Waals surface area contributed by atoms with Gasteiger partial charge in [0, 0.05) is 38.2 Å². The summed E-state index contributed by atoms with van der Waals surface area (Å²) in [6.07, 6.45) is 14.4. The van der Waals surface area contributed by atoms with Crippen molar-refractivity contribution < 1.29 is 0 Å². The third-order valence-corrected chi connectivity index (χ3v) is 4.03. The summed E-state index contributed by atoms with van der Waals surface area (Å²) in [5.41, 5.74) is 10.4. The van der Waals surface area contributed by atoms with Crippen LogP contribution in [0.5, 0.6) is 0 Å². The molecule has 3 rings (SSSR count). The molecule has 0 radical (unpaired) electrons. The molecule has 4 nitrogen and oxygen atoms in total. The molecule has 0 fully saturated rings. The zero-order chi connectivity index (χ0) is 13.2. The van der Waals surface area contributed by atoms with Crippen LogP contribution in [0.2, 0.25) is 0 Å². The van der Waals surface area contributed by atoms with Crippen molar-refractivity contribution in [3.8, 4) is 0 Å². The number of hydrogen-bond donors (Lipinski definition) is 1. The highest BCUT2D eigenvalue weighted by molar-refractivity contribution is 5.29. The van der Waals surface area contributed by atoms with Gasteiger partial charge in [-0.25, -0.2) is 0 Å².